The van der Waals surface area contributed by atoms with Gasteiger partial charge in [-0.3, -0.25) is 14.3 Å². The second-order valence-corrected chi connectivity index (χ2v) is 8.32. The lowest BCUT2D eigenvalue weighted by Crippen LogP contribution is -2.43. The van der Waals surface area contributed by atoms with E-state index in [4.69, 9.17) is 0 Å². The van der Waals surface area contributed by atoms with Crippen LogP contribution in [0.3, 0.4) is 0 Å². The molecule has 1 saturated heterocycles. The lowest BCUT2D eigenvalue weighted by molar-refractivity contribution is 0.169. The van der Waals surface area contributed by atoms with E-state index in [1.54, 1.807) is 29.3 Å². The van der Waals surface area contributed by atoms with Crippen molar-refractivity contribution < 1.29 is 0 Å². The predicted octanol–water partition coefficient (Wildman–Crippen LogP) is 2.08. The van der Waals surface area contributed by atoms with E-state index in [1.807, 2.05) is 6.92 Å². The number of anilines is 1. The Bertz CT molecular complexity index is 1070. The molecule has 0 radical (unpaired) electrons. The summed E-state index contributed by atoms with van der Waals surface area (Å²) in [4.78, 5) is 30.9. The maximum atomic E-state index is 12.5. The Kier molecular flexibility index (Phi) is 3.98. The number of thiophene rings is 1. The summed E-state index contributed by atoms with van der Waals surface area (Å²) in [6.07, 6.45) is 3.81. The van der Waals surface area contributed by atoms with Gasteiger partial charge in [0, 0.05) is 39.3 Å². The smallest absolute Gasteiger partial charge is 0.258 e. The number of aryl methyl sites for hydroxylation is 1. The number of aromatic nitrogens is 4. The first-order valence-electron chi connectivity index (χ1n) is 9.34. The first kappa shape index (κ1) is 16.8. The predicted molar refractivity (Wildman–Crippen MR) is 106 cm³/mol. The number of fused-ring (bicyclic) bond motifs is 2. The van der Waals surface area contributed by atoms with E-state index in [0.29, 0.717) is 6.04 Å². The zero-order valence-electron chi connectivity index (χ0n) is 15.6. The van der Waals surface area contributed by atoms with Crippen molar-refractivity contribution >= 4 is 27.4 Å². The Morgan fingerprint density at radius 2 is 2.00 bits per heavy atom. The van der Waals surface area contributed by atoms with E-state index >= 15 is 0 Å². The maximum Gasteiger partial charge on any atom is 0.258 e. The Morgan fingerprint density at radius 1 is 1.19 bits per heavy atom. The van der Waals surface area contributed by atoms with E-state index < -0.39 is 0 Å². The van der Waals surface area contributed by atoms with Gasteiger partial charge in [0.15, 0.2) is 0 Å². The summed E-state index contributed by atoms with van der Waals surface area (Å²) in [5.74, 6) is 1.85. The summed E-state index contributed by atoms with van der Waals surface area (Å²) in [6, 6.07) is 2.54. The molecule has 0 amide bonds. The summed E-state index contributed by atoms with van der Waals surface area (Å²) >= 11 is 1.71. The van der Waals surface area contributed by atoms with Crippen molar-refractivity contribution in [2.45, 2.75) is 38.9 Å². The van der Waals surface area contributed by atoms with Gasteiger partial charge in [-0.15, -0.1) is 11.3 Å². The fourth-order valence-corrected chi connectivity index (χ4v) is 5.12. The van der Waals surface area contributed by atoms with Crippen LogP contribution in [0.2, 0.25) is 0 Å². The molecule has 3 aromatic heterocycles. The van der Waals surface area contributed by atoms with Crippen LogP contribution in [0, 0.1) is 6.92 Å². The average molecular weight is 382 g/mol. The van der Waals surface area contributed by atoms with Crippen LogP contribution in [-0.2, 0) is 20.1 Å². The number of nitrogens with zero attached hydrogens (tertiary/aromatic N) is 6. The van der Waals surface area contributed by atoms with Gasteiger partial charge in [-0.05, 0) is 31.2 Å². The van der Waals surface area contributed by atoms with Crippen LogP contribution in [0.4, 0.5) is 5.82 Å². The van der Waals surface area contributed by atoms with Crippen molar-refractivity contribution in [3.05, 3.63) is 45.2 Å². The van der Waals surface area contributed by atoms with Gasteiger partial charge in [-0.2, -0.15) is 0 Å². The fourth-order valence-electron chi connectivity index (χ4n) is 4.25. The molecule has 0 aliphatic carbocycles. The number of hydrogen-bond donors (Lipinski definition) is 0. The normalized spacial score (nSPS) is 18.4. The van der Waals surface area contributed by atoms with Crippen LogP contribution in [0.5, 0.6) is 0 Å². The molecule has 0 saturated carbocycles. The fraction of sp³-hybridized carbons (Fsp3) is 0.474. The van der Waals surface area contributed by atoms with E-state index in [-0.39, 0.29) is 5.56 Å². The number of rotatable bonds is 2. The number of piperidine rings is 1. The second-order valence-electron chi connectivity index (χ2n) is 7.40. The molecule has 0 aromatic carbocycles. The first-order valence-corrected chi connectivity index (χ1v) is 10.2. The van der Waals surface area contributed by atoms with Gasteiger partial charge in [-0.1, -0.05) is 0 Å². The van der Waals surface area contributed by atoms with E-state index in [1.165, 1.54) is 4.70 Å². The molecule has 5 heterocycles. The molecule has 2 aliphatic heterocycles. The topological polar surface area (TPSA) is 67.2 Å². The summed E-state index contributed by atoms with van der Waals surface area (Å²) in [5.41, 5.74) is 2.98. The minimum atomic E-state index is 0.110. The third-order valence-electron chi connectivity index (χ3n) is 5.91. The third kappa shape index (κ3) is 2.74. The Balaban J connectivity index is 1.31. The highest BCUT2D eigenvalue weighted by Gasteiger charge is 2.32. The van der Waals surface area contributed by atoms with E-state index in [2.05, 4.69) is 36.2 Å². The monoisotopic (exact) mass is 382 g/mol. The van der Waals surface area contributed by atoms with Crippen molar-refractivity contribution in [1.29, 1.82) is 0 Å². The van der Waals surface area contributed by atoms with Crippen molar-refractivity contribution in [3.8, 4) is 0 Å². The molecule has 27 heavy (non-hydrogen) atoms. The molecular weight excluding hydrogens is 360 g/mol. The molecule has 7 nitrogen and oxygen atoms in total. The summed E-state index contributed by atoms with van der Waals surface area (Å²) < 4.78 is 2.83. The molecule has 0 bridgehead atoms. The Labute approximate surface area is 161 Å². The Hall–Kier alpha value is -2.32. The van der Waals surface area contributed by atoms with Crippen molar-refractivity contribution in [2.24, 2.45) is 7.05 Å². The average Bonchev–Trinajstić information content (AvgIpc) is 3.33. The molecule has 1 fully saturated rings. The second kappa shape index (κ2) is 6.38. The minimum absolute atomic E-state index is 0.110. The van der Waals surface area contributed by atoms with Gasteiger partial charge in [0.1, 0.15) is 18.0 Å². The van der Waals surface area contributed by atoms with Gasteiger partial charge in [0.25, 0.3) is 5.56 Å². The van der Waals surface area contributed by atoms with Crippen LogP contribution in [0.25, 0.3) is 10.2 Å². The van der Waals surface area contributed by atoms with Gasteiger partial charge in [0.2, 0.25) is 0 Å². The molecule has 0 unspecified atom stereocenters. The van der Waals surface area contributed by atoms with Crippen molar-refractivity contribution in [2.75, 3.05) is 18.0 Å². The van der Waals surface area contributed by atoms with Crippen LogP contribution in [-0.4, -0.2) is 43.6 Å². The molecule has 8 heteroatoms. The van der Waals surface area contributed by atoms with Gasteiger partial charge < -0.3 is 4.90 Å². The lowest BCUT2D eigenvalue weighted by atomic mass is 10.0. The van der Waals surface area contributed by atoms with Crippen LogP contribution >= 0.6 is 11.3 Å². The largest absolute Gasteiger partial charge is 0.355 e. The molecule has 3 aromatic rings. The van der Waals surface area contributed by atoms with E-state index in [9.17, 15) is 4.79 Å². The molecule has 2 aliphatic rings. The van der Waals surface area contributed by atoms with Crippen molar-refractivity contribution in [3.63, 3.8) is 0 Å². The SMILES string of the molecule is Cc1nc2c(c(=O)n1C)CN(C1CCN(c3ncnc4ccsc34)CC1)C2. The summed E-state index contributed by atoms with van der Waals surface area (Å²) in [7, 11) is 1.80. The van der Waals surface area contributed by atoms with Gasteiger partial charge in [0.05, 0.1) is 21.5 Å². The molecule has 0 spiro atoms. The molecule has 0 atom stereocenters. The van der Waals surface area contributed by atoms with Gasteiger partial charge >= 0.3 is 0 Å². The van der Waals surface area contributed by atoms with Crippen molar-refractivity contribution in [1.82, 2.24) is 24.4 Å². The molecule has 0 N–H and O–H groups in total. The van der Waals surface area contributed by atoms with E-state index in [0.717, 1.165) is 67.4 Å². The van der Waals surface area contributed by atoms with Gasteiger partial charge in [-0.25, -0.2) is 15.0 Å². The summed E-state index contributed by atoms with van der Waals surface area (Å²) in [6.45, 7) is 5.37. The zero-order chi connectivity index (χ0) is 18.5. The molecule has 5 rings (SSSR count). The highest BCUT2D eigenvalue weighted by Crippen LogP contribution is 2.32. The van der Waals surface area contributed by atoms with Crippen LogP contribution in [0.1, 0.15) is 29.9 Å². The third-order valence-corrected chi connectivity index (χ3v) is 6.81. The standard InChI is InChI=1S/C19H22N6OS/c1-12-22-16-10-25(9-14(16)19(26)23(12)2)13-3-6-24(7-4-13)18-17-15(5-8-27-17)20-11-21-18/h5,8,11,13H,3-4,6-7,9-10H2,1-2H3. The molecular formula is C19H22N6OS. The quantitative estimate of drug-likeness (QED) is 0.676. The highest BCUT2D eigenvalue weighted by atomic mass is 32.1. The Morgan fingerprint density at radius 3 is 2.81 bits per heavy atom. The van der Waals surface area contributed by atoms with Crippen LogP contribution < -0.4 is 10.5 Å². The minimum Gasteiger partial charge on any atom is -0.355 e. The molecule has 140 valence electrons. The highest BCUT2D eigenvalue weighted by molar-refractivity contribution is 7.17. The first-order chi connectivity index (χ1) is 13.1. The maximum absolute atomic E-state index is 12.5. The lowest BCUT2D eigenvalue weighted by Gasteiger charge is -2.37. The van der Waals surface area contributed by atoms with Crippen LogP contribution in [0.15, 0.2) is 22.6 Å². The zero-order valence-corrected chi connectivity index (χ0v) is 16.4. The summed E-state index contributed by atoms with van der Waals surface area (Å²) in [5, 5.41) is 2.08. The number of hydrogen-bond acceptors (Lipinski definition) is 7.